The fourth-order valence-electron chi connectivity index (χ4n) is 2.42. The molecule has 0 amide bonds. The molecule has 2 aromatic rings. The summed E-state index contributed by atoms with van der Waals surface area (Å²) in [5.74, 6) is 0. The molecule has 0 aliphatic heterocycles. The smallest absolute Gasteiger partial charge is 0.270 e. The van der Waals surface area contributed by atoms with Gasteiger partial charge in [-0.3, -0.25) is 10.1 Å². The van der Waals surface area contributed by atoms with Crippen LogP contribution in [0.4, 0.5) is 11.4 Å². The third kappa shape index (κ3) is 3.23. The summed E-state index contributed by atoms with van der Waals surface area (Å²) in [6.07, 6.45) is 0. The molecule has 0 fully saturated rings. The first-order valence-corrected chi connectivity index (χ1v) is 6.88. The van der Waals surface area contributed by atoms with Crippen molar-refractivity contribution in [2.75, 3.05) is 11.9 Å². The Morgan fingerprint density at radius 2 is 1.95 bits per heavy atom. The van der Waals surface area contributed by atoms with Crippen LogP contribution in [0.1, 0.15) is 22.3 Å². The lowest BCUT2D eigenvalue weighted by atomic mass is 10.0. The largest absolute Gasteiger partial charge is 0.369 e. The van der Waals surface area contributed by atoms with Crippen molar-refractivity contribution in [2.45, 2.75) is 20.4 Å². The Morgan fingerprint density at radius 3 is 2.55 bits per heavy atom. The second-order valence-electron chi connectivity index (χ2n) is 5.36. The number of nitriles is 1. The van der Waals surface area contributed by atoms with E-state index >= 15 is 0 Å². The van der Waals surface area contributed by atoms with Crippen LogP contribution in [0.5, 0.6) is 0 Å². The SMILES string of the molecule is Cc1ccc(CN(C)c2ccc([N+](=O)[O-])cc2C#N)c(C)c1. The van der Waals surface area contributed by atoms with Crippen LogP contribution in [0.2, 0.25) is 0 Å². The number of nitrogens with zero attached hydrogens (tertiary/aromatic N) is 3. The van der Waals surface area contributed by atoms with Crippen molar-refractivity contribution in [1.29, 1.82) is 5.26 Å². The van der Waals surface area contributed by atoms with Gasteiger partial charge in [0.05, 0.1) is 16.2 Å². The normalized spacial score (nSPS) is 10.1. The van der Waals surface area contributed by atoms with E-state index in [9.17, 15) is 15.4 Å². The van der Waals surface area contributed by atoms with Gasteiger partial charge in [-0.1, -0.05) is 23.8 Å². The summed E-state index contributed by atoms with van der Waals surface area (Å²) in [4.78, 5) is 12.2. The number of hydrogen-bond donors (Lipinski definition) is 0. The molecule has 2 rings (SSSR count). The molecule has 0 aromatic heterocycles. The van der Waals surface area contributed by atoms with Crippen molar-refractivity contribution in [3.63, 3.8) is 0 Å². The molecule has 0 N–H and O–H groups in total. The summed E-state index contributed by atoms with van der Waals surface area (Å²) in [6, 6.07) is 12.6. The molecule has 0 aliphatic carbocycles. The lowest BCUT2D eigenvalue weighted by Gasteiger charge is -2.21. The maximum Gasteiger partial charge on any atom is 0.270 e. The Balaban J connectivity index is 2.31. The lowest BCUT2D eigenvalue weighted by molar-refractivity contribution is -0.384. The number of benzene rings is 2. The van der Waals surface area contributed by atoms with Gasteiger partial charge >= 0.3 is 0 Å². The molecule has 0 radical (unpaired) electrons. The Morgan fingerprint density at radius 1 is 1.23 bits per heavy atom. The van der Waals surface area contributed by atoms with Gasteiger partial charge in [-0.25, -0.2) is 0 Å². The first-order chi connectivity index (χ1) is 10.4. The van der Waals surface area contributed by atoms with Crippen LogP contribution in [0, 0.1) is 35.3 Å². The van der Waals surface area contributed by atoms with Gasteiger partial charge < -0.3 is 4.90 Å². The lowest BCUT2D eigenvalue weighted by Crippen LogP contribution is -2.18. The van der Waals surface area contributed by atoms with Crippen LogP contribution in [0.15, 0.2) is 36.4 Å². The minimum absolute atomic E-state index is 0.0692. The summed E-state index contributed by atoms with van der Waals surface area (Å²) >= 11 is 0. The first kappa shape index (κ1) is 15.5. The van der Waals surface area contributed by atoms with Crippen molar-refractivity contribution in [2.24, 2.45) is 0 Å². The van der Waals surface area contributed by atoms with E-state index < -0.39 is 4.92 Å². The molecule has 0 atom stereocenters. The molecule has 22 heavy (non-hydrogen) atoms. The first-order valence-electron chi connectivity index (χ1n) is 6.88. The monoisotopic (exact) mass is 295 g/mol. The van der Waals surface area contributed by atoms with E-state index in [1.165, 1.54) is 23.3 Å². The predicted octanol–water partition coefficient (Wildman–Crippen LogP) is 3.72. The maximum absolute atomic E-state index is 10.8. The molecule has 0 bridgehead atoms. The van der Waals surface area contributed by atoms with Gasteiger partial charge in [-0.15, -0.1) is 0 Å². The van der Waals surface area contributed by atoms with E-state index in [2.05, 4.69) is 25.1 Å². The van der Waals surface area contributed by atoms with Crippen LogP contribution in [0.3, 0.4) is 0 Å². The standard InChI is InChI=1S/C17H17N3O2/c1-12-4-5-14(13(2)8-12)11-19(3)17-7-6-16(20(21)22)9-15(17)10-18/h4-9H,11H2,1-3H3. The van der Waals surface area contributed by atoms with Gasteiger partial charge in [0.15, 0.2) is 0 Å². The van der Waals surface area contributed by atoms with Crippen molar-refractivity contribution >= 4 is 11.4 Å². The highest BCUT2D eigenvalue weighted by Crippen LogP contribution is 2.26. The molecular formula is C17H17N3O2. The van der Waals surface area contributed by atoms with Crippen LogP contribution in [-0.2, 0) is 6.54 Å². The van der Waals surface area contributed by atoms with E-state index in [1.807, 2.05) is 24.9 Å². The molecule has 112 valence electrons. The summed E-state index contributed by atoms with van der Waals surface area (Å²) in [5.41, 5.74) is 4.48. The van der Waals surface area contributed by atoms with E-state index in [0.29, 0.717) is 17.8 Å². The molecule has 0 spiro atoms. The second kappa shape index (κ2) is 6.27. The molecular weight excluding hydrogens is 278 g/mol. The van der Waals surface area contributed by atoms with Crippen molar-refractivity contribution in [3.05, 3.63) is 68.8 Å². The number of aryl methyl sites for hydroxylation is 2. The van der Waals surface area contributed by atoms with Crippen LogP contribution < -0.4 is 4.90 Å². The zero-order valence-corrected chi connectivity index (χ0v) is 12.8. The zero-order valence-electron chi connectivity index (χ0n) is 12.8. The molecule has 0 saturated carbocycles. The van der Waals surface area contributed by atoms with Crippen molar-refractivity contribution in [1.82, 2.24) is 0 Å². The van der Waals surface area contributed by atoms with Crippen molar-refractivity contribution in [3.8, 4) is 6.07 Å². The number of rotatable bonds is 4. The molecule has 2 aromatic carbocycles. The average Bonchev–Trinajstić information content (AvgIpc) is 2.49. The van der Waals surface area contributed by atoms with Gasteiger partial charge in [0.25, 0.3) is 5.69 Å². The molecule has 0 aliphatic rings. The fourth-order valence-corrected chi connectivity index (χ4v) is 2.42. The van der Waals surface area contributed by atoms with Gasteiger partial charge in [0, 0.05) is 25.7 Å². The van der Waals surface area contributed by atoms with E-state index in [4.69, 9.17) is 0 Å². The van der Waals surface area contributed by atoms with Crippen molar-refractivity contribution < 1.29 is 4.92 Å². The number of non-ortho nitro benzene ring substituents is 1. The molecule has 0 saturated heterocycles. The molecule has 5 heteroatoms. The van der Waals surface area contributed by atoms with E-state index in [1.54, 1.807) is 6.07 Å². The average molecular weight is 295 g/mol. The quantitative estimate of drug-likeness (QED) is 0.636. The Hall–Kier alpha value is -2.87. The summed E-state index contributed by atoms with van der Waals surface area (Å²) in [6.45, 7) is 4.74. The van der Waals surface area contributed by atoms with E-state index in [-0.39, 0.29) is 5.69 Å². The van der Waals surface area contributed by atoms with Gasteiger partial charge in [0.2, 0.25) is 0 Å². The molecule has 5 nitrogen and oxygen atoms in total. The summed E-state index contributed by atoms with van der Waals surface area (Å²) < 4.78 is 0. The highest BCUT2D eigenvalue weighted by atomic mass is 16.6. The van der Waals surface area contributed by atoms with Gasteiger partial charge in [-0.05, 0) is 31.0 Å². The number of nitro groups is 1. The summed E-state index contributed by atoms with van der Waals surface area (Å²) in [7, 11) is 1.88. The highest BCUT2D eigenvalue weighted by Gasteiger charge is 2.14. The van der Waals surface area contributed by atoms with Gasteiger partial charge in [0.1, 0.15) is 6.07 Å². The van der Waals surface area contributed by atoms with E-state index in [0.717, 1.165) is 5.56 Å². The second-order valence-corrected chi connectivity index (χ2v) is 5.36. The number of nitro benzene ring substituents is 1. The van der Waals surface area contributed by atoms with Gasteiger partial charge in [-0.2, -0.15) is 5.26 Å². The zero-order chi connectivity index (χ0) is 16.3. The van der Waals surface area contributed by atoms with Crippen LogP contribution in [-0.4, -0.2) is 12.0 Å². The molecule has 0 unspecified atom stereocenters. The highest BCUT2D eigenvalue weighted by molar-refractivity contribution is 5.62. The number of hydrogen-bond acceptors (Lipinski definition) is 4. The van der Waals surface area contributed by atoms with Crippen LogP contribution in [0.25, 0.3) is 0 Å². The Labute approximate surface area is 129 Å². The Kier molecular flexibility index (Phi) is 4.42. The third-order valence-electron chi connectivity index (χ3n) is 3.63. The van der Waals surface area contributed by atoms with Crippen LogP contribution >= 0.6 is 0 Å². The maximum atomic E-state index is 10.8. The third-order valence-corrected chi connectivity index (χ3v) is 3.63. The number of anilines is 1. The minimum Gasteiger partial charge on any atom is -0.369 e. The minimum atomic E-state index is -0.491. The fraction of sp³-hybridized carbons (Fsp3) is 0.235. The summed E-state index contributed by atoms with van der Waals surface area (Å²) in [5, 5.41) is 20.0. The Bertz CT molecular complexity index is 763. The topological polar surface area (TPSA) is 70.2 Å². The predicted molar refractivity (Wildman–Crippen MR) is 85.8 cm³/mol. The molecule has 0 heterocycles.